The van der Waals surface area contributed by atoms with E-state index in [9.17, 15) is 14.9 Å². The summed E-state index contributed by atoms with van der Waals surface area (Å²) in [7, 11) is 1.64. The number of nitriles is 1. The summed E-state index contributed by atoms with van der Waals surface area (Å²) in [5.41, 5.74) is 0.440. The number of ether oxygens (including phenoxy) is 1. The monoisotopic (exact) mass is 426 g/mol. The Kier molecular flexibility index (Phi) is 6.20. The largest absolute Gasteiger partial charge is 0.444 e. The number of nitrogens with zero attached hydrogens (tertiary/aromatic N) is 6. The van der Waals surface area contributed by atoms with Gasteiger partial charge in [-0.3, -0.25) is 4.57 Å². The lowest BCUT2D eigenvalue weighted by Crippen LogP contribution is -2.60. The van der Waals surface area contributed by atoms with Gasteiger partial charge in [-0.05, 0) is 45.7 Å². The standard InChI is InChI=1S/C22H30N6O3/c1-7-15-13-28(21(30)31-22(3,4)5)16(8-2)12-27(15)19-18-17(26(6)20(29)25-19)10-9-14(11-23)24-18/h9-10,15-16H,7-8,12-13H2,1-6H3/t15?,16-/m0/s1. The van der Waals surface area contributed by atoms with Gasteiger partial charge in [0, 0.05) is 26.2 Å². The highest BCUT2D eigenvalue weighted by Crippen LogP contribution is 2.29. The molecule has 2 atom stereocenters. The van der Waals surface area contributed by atoms with E-state index in [0.717, 1.165) is 12.8 Å². The second-order valence-corrected chi connectivity index (χ2v) is 8.86. The van der Waals surface area contributed by atoms with Crippen molar-refractivity contribution < 1.29 is 9.53 Å². The van der Waals surface area contributed by atoms with Crippen LogP contribution >= 0.6 is 0 Å². The maximum absolute atomic E-state index is 12.9. The number of anilines is 1. The molecule has 2 aromatic rings. The molecule has 1 amide bonds. The molecule has 0 aliphatic carbocycles. The van der Waals surface area contributed by atoms with Crippen molar-refractivity contribution in [2.24, 2.45) is 7.05 Å². The molecular weight excluding hydrogens is 396 g/mol. The number of aromatic nitrogens is 3. The van der Waals surface area contributed by atoms with Crippen molar-refractivity contribution in [2.45, 2.75) is 65.1 Å². The maximum atomic E-state index is 12.9. The topological polar surface area (TPSA) is 104 Å². The molecule has 1 fully saturated rings. The first-order valence-corrected chi connectivity index (χ1v) is 10.6. The summed E-state index contributed by atoms with van der Waals surface area (Å²) < 4.78 is 7.06. The molecule has 0 saturated carbocycles. The van der Waals surface area contributed by atoms with Crippen molar-refractivity contribution in [2.75, 3.05) is 18.0 Å². The van der Waals surface area contributed by atoms with Gasteiger partial charge in [0.25, 0.3) is 0 Å². The molecule has 31 heavy (non-hydrogen) atoms. The quantitative estimate of drug-likeness (QED) is 0.743. The molecule has 0 bridgehead atoms. The van der Waals surface area contributed by atoms with E-state index in [1.165, 1.54) is 4.57 Å². The van der Waals surface area contributed by atoms with E-state index in [1.807, 2.05) is 34.6 Å². The second-order valence-electron chi connectivity index (χ2n) is 8.86. The van der Waals surface area contributed by atoms with Crippen LogP contribution in [0.1, 0.15) is 53.2 Å². The van der Waals surface area contributed by atoms with E-state index < -0.39 is 5.60 Å². The van der Waals surface area contributed by atoms with Crippen molar-refractivity contribution in [1.29, 1.82) is 5.26 Å². The molecule has 0 N–H and O–H groups in total. The minimum Gasteiger partial charge on any atom is -0.444 e. The first-order chi connectivity index (χ1) is 14.6. The number of piperazine rings is 1. The number of aryl methyl sites for hydroxylation is 1. The Hall–Kier alpha value is -3.15. The summed E-state index contributed by atoms with van der Waals surface area (Å²) in [5.74, 6) is 0.462. The number of hydrogen-bond acceptors (Lipinski definition) is 7. The van der Waals surface area contributed by atoms with Gasteiger partial charge in [0.15, 0.2) is 5.82 Å². The minimum absolute atomic E-state index is 0.0642. The van der Waals surface area contributed by atoms with Crippen LogP contribution in [0.2, 0.25) is 0 Å². The van der Waals surface area contributed by atoms with E-state index in [-0.39, 0.29) is 29.6 Å². The van der Waals surface area contributed by atoms with Gasteiger partial charge in [-0.2, -0.15) is 10.2 Å². The van der Waals surface area contributed by atoms with E-state index in [1.54, 1.807) is 24.1 Å². The van der Waals surface area contributed by atoms with Crippen LogP contribution in [-0.4, -0.2) is 56.3 Å². The zero-order chi connectivity index (χ0) is 22.9. The number of pyridine rings is 1. The van der Waals surface area contributed by atoms with Crippen molar-refractivity contribution in [1.82, 2.24) is 19.4 Å². The molecule has 3 rings (SSSR count). The van der Waals surface area contributed by atoms with Crippen molar-refractivity contribution >= 4 is 22.9 Å². The van der Waals surface area contributed by atoms with Gasteiger partial charge in [0.1, 0.15) is 22.9 Å². The summed E-state index contributed by atoms with van der Waals surface area (Å²) in [4.78, 5) is 38.1. The van der Waals surface area contributed by atoms with Crippen molar-refractivity contribution in [3.63, 3.8) is 0 Å². The Morgan fingerprint density at radius 2 is 1.87 bits per heavy atom. The van der Waals surface area contributed by atoms with Crippen LogP contribution in [0.25, 0.3) is 11.0 Å². The molecule has 9 nitrogen and oxygen atoms in total. The molecular formula is C22H30N6O3. The van der Waals surface area contributed by atoms with Crippen LogP contribution in [0.3, 0.4) is 0 Å². The van der Waals surface area contributed by atoms with E-state index in [2.05, 4.69) is 20.9 Å². The number of carbonyl (C=O) groups excluding carboxylic acids is 1. The van der Waals surface area contributed by atoms with Gasteiger partial charge in [-0.25, -0.2) is 14.6 Å². The third-order valence-electron chi connectivity index (χ3n) is 5.59. The molecule has 1 aliphatic heterocycles. The van der Waals surface area contributed by atoms with Crippen molar-refractivity contribution in [3.05, 3.63) is 28.3 Å². The predicted molar refractivity (Wildman–Crippen MR) is 118 cm³/mol. The maximum Gasteiger partial charge on any atom is 0.410 e. The van der Waals surface area contributed by atoms with Gasteiger partial charge >= 0.3 is 11.8 Å². The van der Waals surface area contributed by atoms with Gasteiger partial charge < -0.3 is 14.5 Å². The molecule has 3 heterocycles. The van der Waals surface area contributed by atoms with Gasteiger partial charge in [0.2, 0.25) is 0 Å². The number of carbonyl (C=O) groups is 1. The molecule has 166 valence electrons. The van der Waals surface area contributed by atoms with Crippen LogP contribution < -0.4 is 10.6 Å². The fourth-order valence-electron chi connectivity index (χ4n) is 3.92. The third-order valence-corrected chi connectivity index (χ3v) is 5.59. The highest BCUT2D eigenvalue weighted by molar-refractivity contribution is 5.86. The number of hydrogen-bond donors (Lipinski definition) is 0. The minimum atomic E-state index is -0.574. The van der Waals surface area contributed by atoms with Crippen LogP contribution in [0, 0.1) is 11.3 Å². The molecule has 9 heteroatoms. The number of amides is 1. The molecule has 1 unspecified atom stereocenters. The van der Waals surface area contributed by atoms with Crippen molar-refractivity contribution in [3.8, 4) is 6.07 Å². The molecule has 1 saturated heterocycles. The summed E-state index contributed by atoms with van der Waals surface area (Å²) >= 11 is 0. The Morgan fingerprint density at radius 3 is 2.45 bits per heavy atom. The Morgan fingerprint density at radius 1 is 1.19 bits per heavy atom. The average molecular weight is 427 g/mol. The first-order valence-electron chi connectivity index (χ1n) is 10.6. The SMILES string of the molecule is CCC1CN(C(=O)OC(C)(C)C)[C@@H](CC)CN1c1nc(=O)n(C)c2ccc(C#N)nc12. The molecule has 0 radical (unpaired) electrons. The van der Waals surface area contributed by atoms with Crippen LogP contribution in [0.4, 0.5) is 10.6 Å². The summed E-state index contributed by atoms with van der Waals surface area (Å²) in [5, 5.41) is 9.32. The van der Waals surface area contributed by atoms with E-state index >= 15 is 0 Å². The zero-order valence-corrected chi connectivity index (χ0v) is 19.0. The van der Waals surface area contributed by atoms with Crippen LogP contribution in [-0.2, 0) is 11.8 Å². The molecule has 2 aromatic heterocycles. The fraction of sp³-hybridized carbons (Fsp3) is 0.591. The summed E-state index contributed by atoms with van der Waals surface area (Å²) in [6.07, 6.45) is 1.14. The highest BCUT2D eigenvalue weighted by atomic mass is 16.6. The highest BCUT2D eigenvalue weighted by Gasteiger charge is 2.38. The second kappa shape index (κ2) is 8.53. The lowest BCUT2D eigenvalue weighted by atomic mass is 10.0. The normalized spacial score (nSPS) is 19.4. The Labute approximate surface area is 182 Å². The molecule has 0 spiro atoms. The number of rotatable bonds is 3. The fourth-order valence-corrected chi connectivity index (χ4v) is 3.92. The summed E-state index contributed by atoms with van der Waals surface area (Å²) in [6.45, 7) is 10.6. The van der Waals surface area contributed by atoms with Gasteiger partial charge in [-0.1, -0.05) is 13.8 Å². The van der Waals surface area contributed by atoms with Gasteiger partial charge in [0.05, 0.1) is 11.6 Å². The predicted octanol–water partition coefficient (Wildman–Crippen LogP) is 2.81. The smallest absolute Gasteiger partial charge is 0.410 e. The molecule has 1 aliphatic rings. The average Bonchev–Trinajstić information content (AvgIpc) is 2.73. The first kappa shape index (κ1) is 22.5. The lowest BCUT2D eigenvalue weighted by Gasteiger charge is -2.46. The third kappa shape index (κ3) is 4.48. The van der Waals surface area contributed by atoms with Gasteiger partial charge in [-0.15, -0.1) is 0 Å². The molecule has 0 aromatic carbocycles. The Balaban J connectivity index is 2.06. The van der Waals surface area contributed by atoms with Crippen LogP contribution in [0.5, 0.6) is 0 Å². The summed E-state index contributed by atoms with van der Waals surface area (Å²) in [6, 6.07) is 5.21. The zero-order valence-electron chi connectivity index (χ0n) is 19.0. The Bertz CT molecular complexity index is 1080. The van der Waals surface area contributed by atoms with E-state index in [0.29, 0.717) is 29.9 Å². The van der Waals surface area contributed by atoms with Crippen LogP contribution in [0.15, 0.2) is 16.9 Å². The van der Waals surface area contributed by atoms with E-state index in [4.69, 9.17) is 4.74 Å². The number of fused-ring (bicyclic) bond motifs is 1. The lowest BCUT2D eigenvalue weighted by molar-refractivity contribution is 0.00983.